The molecule has 0 spiro atoms. The van der Waals surface area contributed by atoms with Crippen LogP contribution in [0.1, 0.15) is 29.2 Å². The van der Waals surface area contributed by atoms with Crippen LogP contribution in [0.4, 0.5) is 5.69 Å². The molecule has 0 atom stereocenters. The van der Waals surface area contributed by atoms with E-state index in [0.717, 1.165) is 5.56 Å². The van der Waals surface area contributed by atoms with E-state index in [-0.39, 0.29) is 23.9 Å². The Morgan fingerprint density at radius 3 is 2.63 bits per heavy atom. The summed E-state index contributed by atoms with van der Waals surface area (Å²) in [6, 6.07) is 17.2. The van der Waals surface area contributed by atoms with E-state index in [1.807, 2.05) is 25.1 Å². The van der Waals surface area contributed by atoms with Crippen LogP contribution in [0.25, 0.3) is 6.08 Å². The first-order chi connectivity index (χ1) is 16.9. The summed E-state index contributed by atoms with van der Waals surface area (Å²) in [6.45, 7) is 4.17. The van der Waals surface area contributed by atoms with Gasteiger partial charge in [0, 0.05) is 27.8 Å². The van der Waals surface area contributed by atoms with E-state index in [0.29, 0.717) is 39.8 Å². The summed E-state index contributed by atoms with van der Waals surface area (Å²) in [7, 11) is 0. The van der Waals surface area contributed by atoms with Gasteiger partial charge in [-0.05, 0) is 49.8 Å². The molecule has 0 aliphatic carbocycles. The van der Waals surface area contributed by atoms with Crippen LogP contribution < -0.4 is 9.47 Å². The first-order valence-corrected chi connectivity index (χ1v) is 11.1. The van der Waals surface area contributed by atoms with Crippen LogP contribution in [0.3, 0.4) is 0 Å². The average Bonchev–Trinajstić information content (AvgIpc) is 3.20. The second-order valence-corrected chi connectivity index (χ2v) is 8.02. The quantitative estimate of drug-likeness (QED) is 0.168. The van der Waals surface area contributed by atoms with E-state index < -0.39 is 10.9 Å². The van der Waals surface area contributed by atoms with Gasteiger partial charge in [0.05, 0.1) is 11.5 Å². The van der Waals surface area contributed by atoms with Gasteiger partial charge in [-0.2, -0.15) is 0 Å². The number of hydrogen-bond donors (Lipinski definition) is 0. The summed E-state index contributed by atoms with van der Waals surface area (Å²) < 4.78 is 16.9. The Morgan fingerprint density at radius 2 is 1.89 bits per heavy atom. The van der Waals surface area contributed by atoms with Crippen molar-refractivity contribution in [1.29, 1.82) is 0 Å². The molecule has 0 bridgehead atoms. The van der Waals surface area contributed by atoms with E-state index in [9.17, 15) is 14.9 Å². The molecule has 3 aromatic rings. The number of esters is 1. The summed E-state index contributed by atoms with van der Waals surface area (Å²) >= 11 is 6.20. The molecular formula is C26H21ClN2O6. The summed E-state index contributed by atoms with van der Waals surface area (Å²) in [4.78, 5) is 27.4. The molecule has 0 unspecified atom stereocenters. The van der Waals surface area contributed by atoms with E-state index in [1.165, 1.54) is 6.07 Å². The lowest BCUT2D eigenvalue weighted by Crippen LogP contribution is -2.06. The molecule has 0 aromatic heterocycles. The molecule has 1 aliphatic rings. The summed E-state index contributed by atoms with van der Waals surface area (Å²) in [5, 5.41) is 11.8. The maximum Gasteiger partial charge on any atom is 0.363 e. The van der Waals surface area contributed by atoms with Crippen molar-refractivity contribution < 1.29 is 23.9 Å². The fourth-order valence-corrected chi connectivity index (χ4v) is 3.59. The maximum absolute atomic E-state index is 12.4. The number of carbonyl (C=O) groups is 1. The third-order valence-electron chi connectivity index (χ3n) is 5.19. The number of carbonyl (C=O) groups excluding carboxylic acids is 1. The number of cyclic esters (lactones) is 1. The predicted octanol–water partition coefficient (Wildman–Crippen LogP) is 5.88. The number of nitrogens with zero attached hydrogens (tertiary/aromatic N) is 2. The number of aryl methyl sites for hydroxylation is 1. The molecule has 0 saturated heterocycles. The molecule has 9 heteroatoms. The van der Waals surface area contributed by atoms with Crippen molar-refractivity contribution >= 4 is 35.2 Å². The lowest BCUT2D eigenvalue weighted by molar-refractivity contribution is -0.385. The molecule has 1 heterocycles. The highest BCUT2D eigenvalue weighted by Gasteiger charge is 2.26. The maximum atomic E-state index is 12.4. The first-order valence-electron chi connectivity index (χ1n) is 10.8. The minimum atomic E-state index is -0.653. The van der Waals surface area contributed by atoms with Gasteiger partial charge in [0.1, 0.15) is 6.61 Å². The van der Waals surface area contributed by atoms with Crippen molar-refractivity contribution in [2.75, 3.05) is 6.61 Å². The highest BCUT2D eigenvalue weighted by molar-refractivity contribution is 6.31. The van der Waals surface area contributed by atoms with Gasteiger partial charge in [0.15, 0.2) is 17.2 Å². The molecule has 3 aromatic carbocycles. The zero-order chi connectivity index (χ0) is 24.9. The minimum Gasteiger partial charge on any atom is -0.490 e. The second kappa shape index (κ2) is 10.4. The monoisotopic (exact) mass is 492 g/mol. The van der Waals surface area contributed by atoms with Crippen molar-refractivity contribution in [3.8, 4) is 11.5 Å². The Morgan fingerprint density at radius 1 is 1.09 bits per heavy atom. The van der Waals surface area contributed by atoms with Gasteiger partial charge in [-0.1, -0.05) is 41.9 Å². The Balaban J connectivity index is 1.59. The molecule has 0 fully saturated rings. The zero-order valence-corrected chi connectivity index (χ0v) is 19.7. The SMILES string of the molecule is CCOc1cc(/C=C2\N=C(c3ccc(C)c([N+](=O)[O-])c3)OC2=O)ccc1OCc1ccccc1Cl. The zero-order valence-electron chi connectivity index (χ0n) is 19.0. The number of hydrogen-bond acceptors (Lipinski definition) is 7. The van der Waals surface area contributed by atoms with Crippen molar-refractivity contribution in [2.45, 2.75) is 20.5 Å². The Bertz CT molecular complexity index is 1370. The standard InChI is InChI=1S/C26H21ClN2O6/c1-3-33-24-13-17(9-11-23(24)34-15-19-6-4-5-7-20(19)27)12-21-26(30)35-25(28-21)18-10-8-16(2)22(14-18)29(31)32/h4-14H,3,15H2,1-2H3/b21-12-. The Hall–Kier alpha value is -4.17. The average molecular weight is 493 g/mol. The third-order valence-corrected chi connectivity index (χ3v) is 5.55. The fraction of sp³-hybridized carbons (Fsp3) is 0.154. The summed E-state index contributed by atoms with van der Waals surface area (Å²) in [5.74, 6) is 0.381. The van der Waals surface area contributed by atoms with Gasteiger partial charge in [-0.15, -0.1) is 0 Å². The van der Waals surface area contributed by atoms with Crippen LogP contribution in [0.5, 0.6) is 11.5 Å². The Labute approximate surface area is 206 Å². The number of nitro groups is 1. The molecule has 8 nitrogen and oxygen atoms in total. The van der Waals surface area contributed by atoms with Gasteiger partial charge >= 0.3 is 5.97 Å². The highest BCUT2D eigenvalue weighted by Crippen LogP contribution is 2.32. The molecule has 35 heavy (non-hydrogen) atoms. The number of rotatable bonds is 8. The molecule has 0 saturated carbocycles. The van der Waals surface area contributed by atoms with Crippen molar-refractivity contribution in [3.63, 3.8) is 0 Å². The molecular weight excluding hydrogens is 472 g/mol. The normalized spacial score (nSPS) is 14.0. The lowest BCUT2D eigenvalue weighted by Gasteiger charge is -2.13. The fourth-order valence-electron chi connectivity index (χ4n) is 3.40. The molecule has 0 amide bonds. The van der Waals surface area contributed by atoms with Crippen LogP contribution in [0, 0.1) is 17.0 Å². The predicted molar refractivity (Wildman–Crippen MR) is 132 cm³/mol. The van der Waals surface area contributed by atoms with E-state index in [4.69, 9.17) is 25.8 Å². The molecule has 0 radical (unpaired) electrons. The molecule has 0 N–H and O–H groups in total. The van der Waals surface area contributed by atoms with Gasteiger partial charge in [0.2, 0.25) is 5.90 Å². The van der Waals surface area contributed by atoms with E-state index >= 15 is 0 Å². The lowest BCUT2D eigenvalue weighted by atomic mass is 10.1. The summed E-state index contributed by atoms with van der Waals surface area (Å²) in [6.07, 6.45) is 1.55. The van der Waals surface area contributed by atoms with Crippen LogP contribution in [0.2, 0.25) is 5.02 Å². The van der Waals surface area contributed by atoms with Crippen LogP contribution in [0.15, 0.2) is 71.4 Å². The number of aliphatic imine (C=N–C) groups is 1. The topological polar surface area (TPSA) is 100 Å². The van der Waals surface area contributed by atoms with Crippen molar-refractivity contribution in [1.82, 2.24) is 0 Å². The van der Waals surface area contributed by atoms with Crippen LogP contribution in [-0.2, 0) is 16.1 Å². The van der Waals surface area contributed by atoms with Crippen LogP contribution >= 0.6 is 11.6 Å². The van der Waals surface area contributed by atoms with E-state index in [1.54, 1.807) is 49.4 Å². The van der Waals surface area contributed by atoms with E-state index in [2.05, 4.69) is 4.99 Å². The van der Waals surface area contributed by atoms with Crippen molar-refractivity contribution in [3.05, 3.63) is 104 Å². The molecule has 4 rings (SSSR count). The smallest absolute Gasteiger partial charge is 0.363 e. The van der Waals surface area contributed by atoms with Gasteiger partial charge in [-0.3, -0.25) is 10.1 Å². The third kappa shape index (κ3) is 5.50. The first kappa shape index (κ1) is 24.0. The molecule has 1 aliphatic heterocycles. The Kier molecular flexibility index (Phi) is 7.12. The van der Waals surface area contributed by atoms with Crippen LogP contribution in [-0.4, -0.2) is 23.4 Å². The highest BCUT2D eigenvalue weighted by atomic mass is 35.5. The second-order valence-electron chi connectivity index (χ2n) is 7.61. The van der Waals surface area contributed by atoms with Crippen molar-refractivity contribution in [2.24, 2.45) is 4.99 Å². The minimum absolute atomic E-state index is 0.00840. The number of ether oxygens (including phenoxy) is 3. The van der Waals surface area contributed by atoms with Gasteiger partial charge in [-0.25, -0.2) is 9.79 Å². The van der Waals surface area contributed by atoms with Gasteiger partial charge < -0.3 is 14.2 Å². The summed E-state index contributed by atoms with van der Waals surface area (Å²) in [5.41, 5.74) is 2.32. The number of halogens is 1. The van der Waals surface area contributed by atoms with Gasteiger partial charge in [0.25, 0.3) is 5.69 Å². The number of benzene rings is 3. The number of nitro benzene ring substituents is 1. The molecule has 178 valence electrons. The largest absolute Gasteiger partial charge is 0.490 e.